The second-order valence-corrected chi connectivity index (χ2v) is 4.15. The zero-order chi connectivity index (χ0) is 11.5. The maximum atomic E-state index is 11.1. The third-order valence-electron chi connectivity index (χ3n) is 2.82. The zero-order valence-electron chi connectivity index (χ0n) is 9.34. The third kappa shape index (κ3) is 2.27. The van der Waals surface area contributed by atoms with E-state index in [2.05, 4.69) is 16.3 Å². The lowest BCUT2D eigenvalue weighted by Crippen LogP contribution is -2.10. The first-order chi connectivity index (χ1) is 7.66. The van der Waals surface area contributed by atoms with Gasteiger partial charge in [0.15, 0.2) is 0 Å². The summed E-state index contributed by atoms with van der Waals surface area (Å²) < 4.78 is 0. The molecule has 0 aliphatic heterocycles. The number of aromatic amines is 1. The van der Waals surface area contributed by atoms with Crippen LogP contribution in [0.2, 0.25) is 0 Å². The average Bonchev–Trinajstić information content (AvgIpc) is 2.43. The summed E-state index contributed by atoms with van der Waals surface area (Å²) in [7, 11) is 0. The molecule has 16 heavy (non-hydrogen) atoms. The van der Waals surface area contributed by atoms with Crippen molar-refractivity contribution in [1.82, 2.24) is 10.2 Å². The van der Waals surface area contributed by atoms with E-state index in [1.165, 1.54) is 0 Å². The lowest BCUT2D eigenvalue weighted by molar-refractivity contribution is 0.885. The fourth-order valence-corrected chi connectivity index (χ4v) is 1.98. The highest BCUT2D eigenvalue weighted by molar-refractivity contribution is 5.85. The molecule has 4 heteroatoms. The predicted molar refractivity (Wildman–Crippen MR) is 63.8 cm³/mol. The Hall–Kier alpha value is -1.71. The number of nitrogens with one attached hydrogen (secondary N) is 2. The number of aromatic nitrogens is 2. The largest absolute Gasteiger partial charge is 0.309 e. The average molecular weight is 217 g/mol. The molecule has 0 spiro atoms. The van der Waals surface area contributed by atoms with Crippen molar-refractivity contribution in [2.45, 2.75) is 32.6 Å². The first-order valence-electron chi connectivity index (χ1n) is 5.49. The van der Waals surface area contributed by atoms with E-state index in [0.717, 1.165) is 41.8 Å². The number of H-pyrrole nitrogens is 1. The second kappa shape index (κ2) is 4.43. The van der Waals surface area contributed by atoms with Crippen LogP contribution in [0, 0.1) is 12.3 Å². The number of aryl methyl sites for hydroxylation is 1. The molecule has 1 aliphatic rings. The Morgan fingerprint density at radius 2 is 2.25 bits per heavy atom. The maximum absolute atomic E-state index is 11.1. The fourth-order valence-electron chi connectivity index (χ4n) is 1.98. The van der Waals surface area contributed by atoms with Gasteiger partial charge in [-0.05, 0) is 37.3 Å². The van der Waals surface area contributed by atoms with Crippen molar-refractivity contribution in [3.8, 4) is 0 Å². The minimum atomic E-state index is -0.164. The highest BCUT2D eigenvalue weighted by atomic mass is 16.1. The quantitative estimate of drug-likeness (QED) is 0.755. The maximum Gasteiger partial charge on any atom is 0.264 e. The smallest absolute Gasteiger partial charge is 0.264 e. The van der Waals surface area contributed by atoms with Gasteiger partial charge in [-0.2, -0.15) is 5.10 Å². The Kier molecular flexibility index (Phi) is 2.99. The van der Waals surface area contributed by atoms with Gasteiger partial charge in [-0.15, -0.1) is 0 Å². The zero-order valence-corrected chi connectivity index (χ0v) is 9.34. The lowest BCUT2D eigenvalue weighted by atomic mass is 10.0. The first kappa shape index (κ1) is 10.8. The van der Waals surface area contributed by atoms with Gasteiger partial charge in [0.25, 0.3) is 5.56 Å². The molecule has 1 aromatic rings. The first-order valence-corrected chi connectivity index (χ1v) is 5.49. The Bertz CT molecular complexity index is 499. The standard InChI is InChI=1S/C12H15N3O/c1-8-7-11(16)14-15-12(8)9-3-2-4-10(13)6-5-9/h5,7,13H,2-4,6H2,1H3,(H,14,16). The highest BCUT2D eigenvalue weighted by Crippen LogP contribution is 2.24. The summed E-state index contributed by atoms with van der Waals surface area (Å²) in [6.45, 7) is 1.90. The lowest BCUT2D eigenvalue weighted by Gasteiger charge is -2.06. The van der Waals surface area contributed by atoms with Crippen LogP contribution in [0.25, 0.3) is 5.57 Å². The van der Waals surface area contributed by atoms with E-state index >= 15 is 0 Å². The number of rotatable bonds is 1. The molecular formula is C12H15N3O. The molecule has 0 saturated carbocycles. The fraction of sp³-hybridized carbons (Fsp3) is 0.417. The van der Waals surface area contributed by atoms with Crippen LogP contribution >= 0.6 is 0 Å². The number of hydrogen-bond donors (Lipinski definition) is 2. The van der Waals surface area contributed by atoms with Gasteiger partial charge in [-0.1, -0.05) is 6.08 Å². The van der Waals surface area contributed by atoms with E-state index in [-0.39, 0.29) is 5.56 Å². The normalized spacial score (nSPS) is 16.8. The molecule has 84 valence electrons. The van der Waals surface area contributed by atoms with Crippen molar-refractivity contribution in [3.05, 3.63) is 33.8 Å². The van der Waals surface area contributed by atoms with E-state index in [4.69, 9.17) is 5.41 Å². The molecular weight excluding hydrogens is 202 g/mol. The van der Waals surface area contributed by atoms with E-state index in [1.807, 2.05) is 6.92 Å². The van der Waals surface area contributed by atoms with Crippen LogP contribution in [-0.4, -0.2) is 15.9 Å². The van der Waals surface area contributed by atoms with Gasteiger partial charge >= 0.3 is 0 Å². The molecule has 4 nitrogen and oxygen atoms in total. The molecule has 0 bridgehead atoms. The van der Waals surface area contributed by atoms with Gasteiger partial charge in [-0.25, -0.2) is 5.10 Å². The van der Waals surface area contributed by atoms with E-state index < -0.39 is 0 Å². The Labute approximate surface area is 93.9 Å². The van der Waals surface area contributed by atoms with Crippen LogP contribution in [0.4, 0.5) is 0 Å². The van der Waals surface area contributed by atoms with Gasteiger partial charge in [0.05, 0.1) is 5.69 Å². The molecule has 0 radical (unpaired) electrons. The van der Waals surface area contributed by atoms with Gasteiger partial charge in [-0.3, -0.25) is 4.79 Å². The van der Waals surface area contributed by atoms with Crippen molar-refractivity contribution in [3.63, 3.8) is 0 Å². The van der Waals surface area contributed by atoms with Crippen molar-refractivity contribution >= 4 is 11.3 Å². The Morgan fingerprint density at radius 3 is 3.00 bits per heavy atom. The molecule has 0 fully saturated rings. The van der Waals surface area contributed by atoms with Crippen LogP contribution in [-0.2, 0) is 0 Å². The van der Waals surface area contributed by atoms with Gasteiger partial charge in [0, 0.05) is 18.2 Å². The van der Waals surface area contributed by atoms with Gasteiger partial charge < -0.3 is 5.41 Å². The SMILES string of the molecule is Cc1cc(=O)[nH]nc1C1=CCC(=N)CCC1. The summed E-state index contributed by atoms with van der Waals surface area (Å²) in [5, 5.41) is 14.2. The molecule has 0 unspecified atom stereocenters. The topological polar surface area (TPSA) is 69.6 Å². The van der Waals surface area contributed by atoms with Crippen molar-refractivity contribution in [2.75, 3.05) is 0 Å². The van der Waals surface area contributed by atoms with Gasteiger partial charge in [0.1, 0.15) is 0 Å². The minimum Gasteiger partial charge on any atom is -0.309 e. The van der Waals surface area contributed by atoms with Crippen LogP contribution in [0.3, 0.4) is 0 Å². The van der Waals surface area contributed by atoms with Gasteiger partial charge in [0.2, 0.25) is 0 Å². The predicted octanol–water partition coefficient (Wildman–Crippen LogP) is 2.06. The number of nitrogens with zero attached hydrogens (tertiary/aromatic N) is 1. The van der Waals surface area contributed by atoms with Crippen LogP contribution in [0.15, 0.2) is 16.9 Å². The molecule has 1 heterocycles. The molecule has 0 aromatic carbocycles. The molecule has 2 rings (SSSR count). The number of allylic oxidation sites excluding steroid dienone is 2. The van der Waals surface area contributed by atoms with Crippen molar-refractivity contribution in [2.24, 2.45) is 0 Å². The molecule has 1 aliphatic carbocycles. The highest BCUT2D eigenvalue weighted by Gasteiger charge is 2.11. The van der Waals surface area contributed by atoms with E-state index in [9.17, 15) is 4.79 Å². The Balaban J connectivity index is 2.36. The molecule has 0 amide bonds. The van der Waals surface area contributed by atoms with Crippen LogP contribution < -0.4 is 5.56 Å². The second-order valence-electron chi connectivity index (χ2n) is 4.15. The molecule has 1 aromatic heterocycles. The van der Waals surface area contributed by atoms with Crippen molar-refractivity contribution in [1.29, 1.82) is 5.41 Å². The third-order valence-corrected chi connectivity index (χ3v) is 2.82. The molecule has 0 atom stereocenters. The van der Waals surface area contributed by atoms with Crippen LogP contribution in [0.5, 0.6) is 0 Å². The van der Waals surface area contributed by atoms with Crippen LogP contribution in [0.1, 0.15) is 36.9 Å². The molecule has 2 N–H and O–H groups in total. The summed E-state index contributed by atoms with van der Waals surface area (Å²) in [6.07, 6.45) is 5.55. The minimum absolute atomic E-state index is 0.164. The summed E-state index contributed by atoms with van der Waals surface area (Å²) in [5.41, 5.74) is 3.54. The Morgan fingerprint density at radius 1 is 1.44 bits per heavy atom. The summed E-state index contributed by atoms with van der Waals surface area (Å²) in [6, 6.07) is 1.57. The monoisotopic (exact) mass is 217 g/mol. The van der Waals surface area contributed by atoms with E-state index in [0.29, 0.717) is 6.42 Å². The summed E-state index contributed by atoms with van der Waals surface area (Å²) in [4.78, 5) is 11.1. The number of hydrogen-bond acceptors (Lipinski definition) is 3. The summed E-state index contributed by atoms with van der Waals surface area (Å²) in [5.74, 6) is 0. The summed E-state index contributed by atoms with van der Waals surface area (Å²) >= 11 is 0. The van der Waals surface area contributed by atoms with Crippen molar-refractivity contribution < 1.29 is 0 Å². The molecule has 0 saturated heterocycles. The van der Waals surface area contributed by atoms with E-state index in [1.54, 1.807) is 6.07 Å².